The molecule has 0 aromatic rings. The second-order valence-corrected chi connectivity index (χ2v) is 27.0. The van der Waals surface area contributed by atoms with Crippen molar-refractivity contribution in [3.8, 4) is 0 Å². The minimum Gasteiger partial charge on any atom is -0.746 e. The van der Waals surface area contributed by atoms with Gasteiger partial charge in [-0.3, -0.25) is 0 Å². The average molecular weight is 693 g/mol. The van der Waals surface area contributed by atoms with Crippen molar-refractivity contribution in [3.63, 3.8) is 0 Å². The summed E-state index contributed by atoms with van der Waals surface area (Å²) in [5, 5.41) is -1.39. The van der Waals surface area contributed by atoms with Gasteiger partial charge in [-0.1, -0.05) is 158 Å². The Hall–Kier alpha value is 1.43. The van der Waals surface area contributed by atoms with E-state index in [4.69, 9.17) is 24.1 Å². The molecule has 0 saturated heterocycles. The van der Waals surface area contributed by atoms with E-state index in [9.17, 15) is 0 Å². The lowest BCUT2D eigenvalue weighted by atomic mass is 10.1. The first-order valence-electron chi connectivity index (χ1n) is 20.2. The summed E-state index contributed by atoms with van der Waals surface area (Å²) in [4.78, 5) is 0. The van der Waals surface area contributed by atoms with Crippen LogP contribution in [0.5, 0.6) is 0 Å². The zero-order valence-electron chi connectivity index (χ0n) is 32.1. The molecule has 268 valence electrons. The summed E-state index contributed by atoms with van der Waals surface area (Å²) in [6, 6.07) is 0. The molecule has 0 amide bonds. The van der Waals surface area contributed by atoms with Gasteiger partial charge in [0.25, 0.3) is 0 Å². The maximum absolute atomic E-state index is 5.42. The topological polar surface area (TPSA) is 0 Å². The Kier molecular flexibility index (Phi) is 37.1. The normalized spacial score (nSPS) is 12.2. The fraction of sp³-hybridized carbons (Fsp3) is 1.00. The van der Waals surface area contributed by atoms with Gasteiger partial charge in [0.15, 0.2) is 0 Å². The molecule has 0 aromatic carbocycles. The lowest BCUT2D eigenvalue weighted by molar-refractivity contribution is 0.548. The number of hydrogen-bond acceptors (Lipinski definition) is 2. The van der Waals surface area contributed by atoms with Crippen LogP contribution in [-0.4, -0.2) is 37.0 Å². The third-order valence-electron chi connectivity index (χ3n) is 9.23. The molecule has 0 nitrogen and oxygen atoms in total. The van der Waals surface area contributed by atoms with E-state index >= 15 is 0 Å². The van der Waals surface area contributed by atoms with Crippen molar-refractivity contribution < 1.29 is 0 Å². The standard InChI is InChI=1S/C32H68P.C8H19PS2/c1-5-9-13-17-18-19-20-21-22-23-24-28-32-33(29-25-14-10-6-2,30-26-15-11-7-3)31-27-16-12-8-4;1-7(2)5-9(10,11)6-8(3)4/h5-32H2,1-4H3;7-8H,5-6H2,1-4H3,(H,10,11)/q+1;/p-1. The Morgan fingerprint density at radius 2 is 0.614 bits per heavy atom. The molecule has 0 atom stereocenters. The summed E-state index contributed by atoms with van der Waals surface area (Å²) in [6.07, 6.45) is 44.3. The molecule has 0 aromatic heterocycles. The second kappa shape index (κ2) is 34.3. The Labute approximate surface area is 293 Å². The van der Waals surface area contributed by atoms with Crippen LogP contribution in [0.2, 0.25) is 0 Å². The second-order valence-electron chi connectivity index (χ2n) is 15.3. The molecule has 0 aliphatic carbocycles. The van der Waals surface area contributed by atoms with E-state index in [-0.39, 0.29) is 0 Å². The highest BCUT2D eigenvalue weighted by Crippen LogP contribution is 2.61. The minimum atomic E-state index is -1.39. The predicted octanol–water partition coefficient (Wildman–Crippen LogP) is 15.7. The summed E-state index contributed by atoms with van der Waals surface area (Å²) in [7, 11) is -0.697. The van der Waals surface area contributed by atoms with E-state index < -0.39 is 12.5 Å². The van der Waals surface area contributed by atoms with E-state index in [2.05, 4.69) is 55.4 Å². The first kappa shape index (κ1) is 47.5. The van der Waals surface area contributed by atoms with Crippen LogP contribution in [0.3, 0.4) is 0 Å². The maximum atomic E-state index is 5.42. The van der Waals surface area contributed by atoms with E-state index in [1.54, 1.807) is 50.3 Å². The van der Waals surface area contributed by atoms with Gasteiger partial charge in [0, 0.05) is 7.26 Å². The minimum absolute atomic E-state index is 0.678. The number of hydrogen-bond donors (Lipinski definition) is 0. The summed E-state index contributed by atoms with van der Waals surface area (Å²) in [5.41, 5.74) is 0. The summed E-state index contributed by atoms with van der Waals surface area (Å²) < 4.78 is 0. The first-order chi connectivity index (χ1) is 21.1. The van der Waals surface area contributed by atoms with Crippen LogP contribution in [0.4, 0.5) is 0 Å². The highest BCUT2D eigenvalue weighted by Gasteiger charge is 2.34. The summed E-state index contributed by atoms with van der Waals surface area (Å²) in [6.45, 7) is 18.2. The Morgan fingerprint density at radius 1 is 0.409 bits per heavy atom. The number of rotatable bonds is 32. The Balaban J connectivity index is 0. The van der Waals surface area contributed by atoms with Gasteiger partial charge in [-0.2, -0.15) is 5.24 Å². The monoisotopic (exact) mass is 693 g/mol. The Morgan fingerprint density at radius 3 is 0.841 bits per heavy atom. The molecule has 0 aliphatic heterocycles. The van der Waals surface area contributed by atoms with Gasteiger partial charge < -0.3 is 12.2 Å². The van der Waals surface area contributed by atoms with Crippen LogP contribution in [0, 0.1) is 11.8 Å². The van der Waals surface area contributed by atoms with Gasteiger partial charge >= 0.3 is 0 Å². The SMILES string of the molecule is CC(C)CP(=S)([S-])CC(C)C.CCCCCCCCCCCCCC[P+](CCCCCC)(CCCCCC)CCCCCC. The van der Waals surface area contributed by atoms with Crippen molar-refractivity contribution in [3.05, 3.63) is 0 Å². The molecule has 0 N–H and O–H groups in total. The summed E-state index contributed by atoms with van der Waals surface area (Å²) >= 11 is 10.8. The van der Waals surface area contributed by atoms with Crippen molar-refractivity contribution in [2.24, 2.45) is 11.8 Å². The molecule has 0 heterocycles. The molecular formula is C40H86P2S2. The van der Waals surface area contributed by atoms with Crippen molar-refractivity contribution in [1.82, 2.24) is 0 Å². The van der Waals surface area contributed by atoms with Crippen LogP contribution in [0.25, 0.3) is 0 Å². The van der Waals surface area contributed by atoms with Gasteiger partial charge in [-0.15, -0.1) is 11.8 Å². The number of unbranched alkanes of at least 4 members (excludes halogenated alkanes) is 20. The molecule has 0 bridgehead atoms. The quantitative estimate of drug-likeness (QED) is 0.0391. The molecular weight excluding hydrogens is 607 g/mol. The fourth-order valence-electron chi connectivity index (χ4n) is 6.77. The molecule has 4 heteroatoms. The molecule has 0 aliphatic rings. The van der Waals surface area contributed by atoms with Gasteiger partial charge in [0.05, 0.1) is 24.6 Å². The first-order valence-corrected chi connectivity index (χ1v) is 26.9. The zero-order chi connectivity index (χ0) is 33.4. The Bertz CT molecular complexity index is 559. The van der Waals surface area contributed by atoms with Gasteiger partial charge in [0.1, 0.15) is 0 Å². The highest BCUT2D eigenvalue weighted by molar-refractivity contribution is 8.55. The van der Waals surface area contributed by atoms with E-state index in [1.807, 2.05) is 0 Å². The molecule has 0 unspecified atom stereocenters. The van der Waals surface area contributed by atoms with Crippen LogP contribution in [0.15, 0.2) is 0 Å². The third-order valence-corrected chi connectivity index (χ3v) is 18.7. The molecule has 0 rings (SSSR count). The lowest BCUT2D eigenvalue weighted by Crippen LogP contribution is -2.13. The van der Waals surface area contributed by atoms with Crippen molar-refractivity contribution >= 4 is 36.6 Å². The van der Waals surface area contributed by atoms with Crippen molar-refractivity contribution in [2.75, 3.05) is 37.0 Å². The van der Waals surface area contributed by atoms with Crippen LogP contribution in [-0.2, 0) is 24.1 Å². The molecule has 0 saturated carbocycles. The van der Waals surface area contributed by atoms with Crippen molar-refractivity contribution in [2.45, 2.75) is 209 Å². The molecule has 44 heavy (non-hydrogen) atoms. The van der Waals surface area contributed by atoms with Gasteiger partial charge in [0.2, 0.25) is 0 Å². The third kappa shape index (κ3) is 34.8. The maximum Gasteiger partial charge on any atom is 0.0594 e. The smallest absolute Gasteiger partial charge is 0.0594 e. The van der Waals surface area contributed by atoms with Crippen LogP contribution >= 0.6 is 12.5 Å². The average Bonchev–Trinajstić information content (AvgIpc) is 2.95. The zero-order valence-corrected chi connectivity index (χ0v) is 35.5. The largest absolute Gasteiger partial charge is 0.746 e. The highest BCUT2D eigenvalue weighted by atomic mass is 32.9. The molecule has 0 spiro atoms. The van der Waals surface area contributed by atoms with E-state index in [0.29, 0.717) is 11.8 Å². The van der Waals surface area contributed by atoms with Crippen molar-refractivity contribution in [1.29, 1.82) is 0 Å². The van der Waals surface area contributed by atoms with Crippen LogP contribution in [0.1, 0.15) is 209 Å². The van der Waals surface area contributed by atoms with E-state index in [1.165, 1.54) is 128 Å². The predicted molar refractivity (Wildman–Crippen MR) is 221 cm³/mol. The van der Waals surface area contributed by atoms with Gasteiger partial charge in [-0.05, 0) is 75.5 Å². The van der Waals surface area contributed by atoms with Crippen LogP contribution < -0.4 is 0 Å². The van der Waals surface area contributed by atoms with E-state index in [0.717, 1.165) is 12.3 Å². The molecule has 0 radical (unpaired) electrons. The van der Waals surface area contributed by atoms with Gasteiger partial charge in [-0.25, -0.2) is 0 Å². The fourth-order valence-corrected chi connectivity index (χ4v) is 17.6. The molecule has 0 fully saturated rings. The summed E-state index contributed by atoms with van der Waals surface area (Å²) in [5.74, 6) is 1.36. The lowest BCUT2D eigenvalue weighted by Gasteiger charge is -2.32.